The van der Waals surface area contributed by atoms with E-state index in [0.29, 0.717) is 11.8 Å². The van der Waals surface area contributed by atoms with Gasteiger partial charge in [0.1, 0.15) is 5.82 Å². The Bertz CT molecular complexity index is 801. The summed E-state index contributed by atoms with van der Waals surface area (Å²) >= 11 is 0. The average molecular weight is 324 g/mol. The van der Waals surface area contributed by atoms with E-state index in [2.05, 4.69) is 30.0 Å². The van der Waals surface area contributed by atoms with Crippen molar-refractivity contribution in [2.24, 2.45) is 0 Å². The number of aromatic nitrogens is 5. The van der Waals surface area contributed by atoms with Crippen LogP contribution in [0.4, 0.5) is 10.3 Å². The first kappa shape index (κ1) is 14.7. The third-order valence-electron chi connectivity index (χ3n) is 4.23. The molecule has 4 rings (SSSR count). The van der Waals surface area contributed by atoms with Crippen molar-refractivity contribution in [1.29, 1.82) is 0 Å². The predicted octanol–water partition coefficient (Wildman–Crippen LogP) is 2.78. The van der Waals surface area contributed by atoms with Crippen LogP contribution < -0.4 is 4.90 Å². The van der Waals surface area contributed by atoms with Gasteiger partial charge in [-0.25, -0.2) is 19.3 Å². The van der Waals surface area contributed by atoms with Crippen molar-refractivity contribution in [3.8, 4) is 11.4 Å². The maximum atomic E-state index is 13.0. The van der Waals surface area contributed by atoms with E-state index >= 15 is 0 Å². The van der Waals surface area contributed by atoms with Crippen LogP contribution in [0.5, 0.6) is 0 Å². The lowest BCUT2D eigenvalue weighted by Gasteiger charge is -2.31. The first-order valence-corrected chi connectivity index (χ1v) is 8.00. The number of nitrogens with zero attached hydrogens (tertiary/aromatic N) is 5. The molecule has 0 spiro atoms. The number of H-pyrrole nitrogens is 1. The second kappa shape index (κ2) is 6.35. The molecule has 1 fully saturated rings. The third kappa shape index (κ3) is 2.97. The fourth-order valence-corrected chi connectivity index (χ4v) is 3.02. The number of hydrogen-bond donors (Lipinski definition) is 1. The Morgan fingerprint density at radius 2 is 1.92 bits per heavy atom. The van der Waals surface area contributed by atoms with Gasteiger partial charge in [0.15, 0.2) is 11.6 Å². The largest absolute Gasteiger partial charge is 0.340 e. The van der Waals surface area contributed by atoms with Crippen molar-refractivity contribution in [2.75, 3.05) is 18.0 Å². The molecule has 1 aromatic carbocycles. The van der Waals surface area contributed by atoms with Crippen LogP contribution in [0.1, 0.15) is 24.6 Å². The summed E-state index contributed by atoms with van der Waals surface area (Å²) in [6, 6.07) is 9.90. The van der Waals surface area contributed by atoms with Crippen molar-refractivity contribution < 1.29 is 4.39 Å². The number of rotatable bonds is 3. The van der Waals surface area contributed by atoms with Crippen LogP contribution in [0, 0.1) is 5.82 Å². The molecule has 1 N–H and O–H groups in total. The van der Waals surface area contributed by atoms with E-state index in [1.54, 1.807) is 0 Å². The molecule has 3 heterocycles. The Labute approximate surface area is 138 Å². The number of hydrogen-bond acceptors (Lipinski definition) is 5. The lowest BCUT2D eigenvalue weighted by molar-refractivity contribution is 0.485. The lowest BCUT2D eigenvalue weighted by atomic mass is 9.97. The monoisotopic (exact) mass is 324 g/mol. The standard InChI is InChI=1S/C17H17FN6/c18-14-9-19-17(20-10-14)24-8-4-7-13(11-24)16-21-15(22-23-16)12-5-2-1-3-6-12/h1-3,5-6,9-10,13H,4,7-8,11H2,(H,21,22,23). The molecule has 0 bridgehead atoms. The molecule has 7 heteroatoms. The van der Waals surface area contributed by atoms with Gasteiger partial charge in [0, 0.05) is 24.6 Å². The molecule has 0 radical (unpaired) electrons. The van der Waals surface area contributed by atoms with Gasteiger partial charge in [-0.3, -0.25) is 5.10 Å². The fraction of sp³-hybridized carbons (Fsp3) is 0.294. The molecule has 0 saturated carbocycles. The van der Waals surface area contributed by atoms with Gasteiger partial charge in [-0.1, -0.05) is 30.3 Å². The number of anilines is 1. The fourth-order valence-electron chi connectivity index (χ4n) is 3.02. The highest BCUT2D eigenvalue weighted by molar-refractivity contribution is 5.54. The summed E-state index contributed by atoms with van der Waals surface area (Å²) in [6.45, 7) is 1.61. The van der Waals surface area contributed by atoms with Gasteiger partial charge in [0.2, 0.25) is 5.95 Å². The Morgan fingerprint density at radius 3 is 2.71 bits per heavy atom. The van der Waals surface area contributed by atoms with Crippen LogP contribution in [0.3, 0.4) is 0 Å². The van der Waals surface area contributed by atoms with Gasteiger partial charge in [0.05, 0.1) is 12.4 Å². The highest BCUT2D eigenvalue weighted by atomic mass is 19.1. The van der Waals surface area contributed by atoms with Crippen LogP contribution in [-0.4, -0.2) is 38.2 Å². The summed E-state index contributed by atoms with van der Waals surface area (Å²) < 4.78 is 13.0. The zero-order valence-electron chi connectivity index (χ0n) is 13.1. The van der Waals surface area contributed by atoms with Crippen molar-refractivity contribution >= 4 is 5.95 Å². The maximum absolute atomic E-state index is 13.0. The number of benzene rings is 1. The second-order valence-electron chi connectivity index (χ2n) is 5.90. The van der Waals surface area contributed by atoms with E-state index in [1.165, 1.54) is 12.4 Å². The molecule has 1 unspecified atom stereocenters. The normalized spacial score (nSPS) is 17.9. The van der Waals surface area contributed by atoms with Gasteiger partial charge in [0.25, 0.3) is 0 Å². The average Bonchev–Trinajstić information content (AvgIpc) is 3.13. The minimum absolute atomic E-state index is 0.234. The van der Waals surface area contributed by atoms with Gasteiger partial charge < -0.3 is 4.90 Å². The van der Waals surface area contributed by atoms with Gasteiger partial charge >= 0.3 is 0 Å². The smallest absolute Gasteiger partial charge is 0.225 e. The zero-order valence-corrected chi connectivity index (χ0v) is 13.1. The molecule has 1 aliphatic rings. The first-order chi connectivity index (χ1) is 11.8. The van der Waals surface area contributed by atoms with Crippen LogP contribution in [0.15, 0.2) is 42.7 Å². The van der Waals surface area contributed by atoms with Crippen molar-refractivity contribution in [1.82, 2.24) is 25.1 Å². The number of halogens is 1. The van der Waals surface area contributed by atoms with Crippen LogP contribution in [0.2, 0.25) is 0 Å². The summed E-state index contributed by atoms with van der Waals surface area (Å²) in [5, 5.41) is 7.40. The first-order valence-electron chi connectivity index (χ1n) is 8.00. The Hall–Kier alpha value is -2.83. The van der Waals surface area contributed by atoms with E-state index in [0.717, 1.165) is 37.3 Å². The molecule has 6 nitrogen and oxygen atoms in total. The predicted molar refractivity (Wildman–Crippen MR) is 88.0 cm³/mol. The van der Waals surface area contributed by atoms with Crippen molar-refractivity contribution in [2.45, 2.75) is 18.8 Å². The van der Waals surface area contributed by atoms with E-state index < -0.39 is 5.82 Å². The Kier molecular flexibility index (Phi) is 3.90. The molecule has 1 aliphatic heterocycles. The summed E-state index contributed by atoms with van der Waals surface area (Å²) in [6.07, 6.45) is 4.44. The lowest BCUT2D eigenvalue weighted by Crippen LogP contribution is -2.35. The molecule has 1 saturated heterocycles. The van der Waals surface area contributed by atoms with Crippen molar-refractivity contribution in [3.63, 3.8) is 0 Å². The molecule has 1 atom stereocenters. The van der Waals surface area contributed by atoms with Gasteiger partial charge in [-0.15, -0.1) is 0 Å². The number of nitrogens with one attached hydrogen (secondary N) is 1. The van der Waals surface area contributed by atoms with Crippen LogP contribution >= 0.6 is 0 Å². The van der Waals surface area contributed by atoms with E-state index in [4.69, 9.17) is 0 Å². The van der Waals surface area contributed by atoms with E-state index in [9.17, 15) is 4.39 Å². The topological polar surface area (TPSA) is 70.6 Å². The van der Waals surface area contributed by atoms with Crippen molar-refractivity contribution in [3.05, 3.63) is 54.4 Å². The number of aromatic amines is 1. The molecule has 24 heavy (non-hydrogen) atoms. The van der Waals surface area contributed by atoms with E-state index in [-0.39, 0.29) is 5.92 Å². The summed E-state index contributed by atoms with van der Waals surface area (Å²) in [5.74, 6) is 1.96. The van der Waals surface area contributed by atoms with E-state index in [1.807, 2.05) is 30.3 Å². The summed E-state index contributed by atoms with van der Waals surface area (Å²) in [4.78, 5) is 14.9. The van der Waals surface area contributed by atoms with Gasteiger partial charge in [-0.2, -0.15) is 5.10 Å². The second-order valence-corrected chi connectivity index (χ2v) is 5.90. The quantitative estimate of drug-likeness (QED) is 0.802. The Morgan fingerprint density at radius 1 is 1.12 bits per heavy atom. The SMILES string of the molecule is Fc1cnc(N2CCCC(c3nc(-c4ccccc4)n[nH]3)C2)nc1. The zero-order chi connectivity index (χ0) is 16.4. The molecule has 122 valence electrons. The highest BCUT2D eigenvalue weighted by Gasteiger charge is 2.25. The maximum Gasteiger partial charge on any atom is 0.225 e. The van der Waals surface area contributed by atoms with Gasteiger partial charge in [-0.05, 0) is 12.8 Å². The minimum atomic E-state index is -0.421. The molecular weight excluding hydrogens is 307 g/mol. The molecule has 3 aromatic rings. The molecular formula is C17H17FN6. The molecule has 0 amide bonds. The molecule has 0 aliphatic carbocycles. The molecule has 2 aromatic heterocycles. The minimum Gasteiger partial charge on any atom is -0.340 e. The number of piperidine rings is 1. The summed E-state index contributed by atoms with van der Waals surface area (Å²) in [7, 11) is 0. The van der Waals surface area contributed by atoms with Crippen LogP contribution in [0.25, 0.3) is 11.4 Å². The summed E-state index contributed by atoms with van der Waals surface area (Å²) in [5.41, 5.74) is 0.995. The third-order valence-corrected chi connectivity index (χ3v) is 4.23. The highest BCUT2D eigenvalue weighted by Crippen LogP contribution is 2.27. The Balaban J connectivity index is 1.52. The van der Waals surface area contributed by atoms with Crippen LogP contribution in [-0.2, 0) is 0 Å².